The molecule has 9 nitrogen and oxygen atoms in total. The molecular weight excluding hydrogens is 555 g/mol. The molecule has 0 heterocycles. The van der Waals surface area contributed by atoms with Crippen LogP contribution in [0, 0.1) is 0 Å². The highest BCUT2D eigenvalue weighted by atomic mass is 31.2. The first-order valence-electron chi connectivity index (χ1n) is 13.4. The number of amides is 1. The van der Waals surface area contributed by atoms with E-state index in [1.807, 2.05) is 78.9 Å². The van der Waals surface area contributed by atoms with Crippen molar-refractivity contribution < 1.29 is 33.0 Å². The van der Waals surface area contributed by atoms with Gasteiger partial charge in [-0.1, -0.05) is 91.0 Å². The van der Waals surface area contributed by atoms with Gasteiger partial charge in [-0.2, -0.15) is 0 Å². The van der Waals surface area contributed by atoms with Crippen LogP contribution in [0.3, 0.4) is 0 Å². The van der Waals surface area contributed by atoms with Crippen LogP contribution in [0.4, 0.5) is 10.5 Å². The summed E-state index contributed by atoms with van der Waals surface area (Å²) in [7, 11) is -2.35. The monoisotopic (exact) mass is 586 g/mol. The van der Waals surface area contributed by atoms with Crippen LogP contribution in [-0.2, 0) is 36.2 Å². The highest BCUT2D eigenvalue weighted by molar-refractivity contribution is 7.55. The molecule has 0 fully saturated rings. The zero-order valence-corrected chi connectivity index (χ0v) is 23.8. The lowest BCUT2D eigenvalue weighted by atomic mass is 9.98. The Bertz CT molecular complexity index is 1550. The summed E-state index contributed by atoms with van der Waals surface area (Å²) in [6.45, 7) is 0.178. The molecule has 4 aromatic rings. The van der Waals surface area contributed by atoms with Crippen molar-refractivity contribution >= 4 is 25.5 Å². The number of anilines is 1. The molecule has 1 unspecified atom stereocenters. The molecule has 10 heteroatoms. The van der Waals surface area contributed by atoms with E-state index < -0.39 is 25.9 Å². The van der Waals surface area contributed by atoms with E-state index in [4.69, 9.17) is 13.8 Å². The van der Waals surface area contributed by atoms with E-state index in [2.05, 4.69) is 10.4 Å². The lowest BCUT2D eigenvalue weighted by Gasteiger charge is -2.19. The van der Waals surface area contributed by atoms with Crippen molar-refractivity contribution in [1.82, 2.24) is 5.32 Å². The summed E-state index contributed by atoms with van der Waals surface area (Å²) in [5, 5.41) is 15.0. The minimum Gasteiger partial charge on any atom is -0.480 e. The third-order valence-corrected chi connectivity index (χ3v) is 8.56. The number of carboxylic acid groups (broad SMARTS) is 1. The predicted molar refractivity (Wildman–Crippen MR) is 159 cm³/mol. The fourth-order valence-corrected chi connectivity index (χ4v) is 6.00. The third-order valence-electron chi connectivity index (χ3n) is 7.08. The van der Waals surface area contributed by atoms with Crippen LogP contribution in [0.5, 0.6) is 0 Å². The van der Waals surface area contributed by atoms with Gasteiger partial charge in [-0.25, -0.2) is 14.2 Å². The molecule has 0 aliphatic heterocycles. The van der Waals surface area contributed by atoms with Crippen LogP contribution < -0.4 is 10.4 Å². The molecule has 0 bridgehead atoms. The van der Waals surface area contributed by atoms with Gasteiger partial charge in [-0.15, -0.1) is 0 Å². The minimum absolute atomic E-state index is 0.0201. The molecule has 1 aliphatic carbocycles. The molecule has 1 amide bonds. The average Bonchev–Trinajstić information content (AvgIpc) is 3.33. The number of nitrogens with one attached hydrogen (secondary N) is 2. The van der Waals surface area contributed by atoms with Gasteiger partial charge in [0.2, 0.25) is 0 Å². The topological polar surface area (TPSA) is 123 Å². The zero-order valence-electron chi connectivity index (χ0n) is 22.9. The van der Waals surface area contributed by atoms with E-state index in [9.17, 15) is 19.3 Å². The molecular formula is C32H31N2O7P. The number of hydrogen-bond donors (Lipinski definition) is 3. The van der Waals surface area contributed by atoms with E-state index in [0.29, 0.717) is 11.3 Å². The molecule has 0 aromatic heterocycles. The molecule has 0 spiro atoms. The van der Waals surface area contributed by atoms with Crippen LogP contribution in [-0.4, -0.2) is 36.9 Å². The number of carbonyl (C=O) groups is 2. The number of carboxylic acids is 1. The lowest BCUT2D eigenvalue weighted by Crippen LogP contribution is -2.42. The van der Waals surface area contributed by atoms with E-state index >= 15 is 0 Å². The second kappa shape index (κ2) is 13.0. The number of aliphatic carboxylic acids is 1. The Morgan fingerprint density at radius 1 is 0.833 bits per heavy atom. The molecule has 3 N–H and O–H groups in total. The van der Waals surface area contributed by atoms with E-state index in [0.717, 1.165) is 27.8 Å². The Morgan fingerprint density at radius 2 is 1.43 bits per heavy atom. The standard InChI is InChI=1S/C32H31N2O7P/c1-39-42(38,41-20-23-9-3-2-4-10-23)34-24-17-15-22(16-18-24)19-30(31(35)36)33-32(37)40-21-29-27-13-7-5-11-25(27)26-12-6-8-14-28(26)29/h2-18,29-30H,19-21H2,1H3,(H,33,37)(H,34,38)(H,35,36)/t30-,42?/m0/s1. The van der Waals surface area contributed by atoms with Gasteiger partial charge >= 0.3 is 19.8 Å². The summed E-state index contributed by atoms with van der Waals surface area (Å²) in [6.07, 6.45) is -0.786. The van der Waals surface area contributed by atoms with Crippen molar-refractivity contribution in [3.05, 3.63) is 125 Å². The lowest BCUT2D eigenvalue weighted by molar-refractivity contribution is -0.139. The van der Waals surface area contributed by atoms with Crippen LogP contribution in [0.25, 0.3) is 11.1 Å². The number of rotatable bonds is 12. The van der Waals surface area contributed by atoms with Crippen molar-refractivity contribution in [1.29, 1.82) is 0 Å². The first-order chi connectivity index (χ1) is 20.3. The highest BCUT2D eigenvalue weighted by Gasteiger charge is 2.30. The fraction of sp³-hybridized carbons (Fsp3) is 0.188. The van der Waals surface area contributed by atoms with Gasteiger partial charge in [0.1, 0.15) is 12.6 Å². The normalized spacial score (nSPS) is 14.2. The summed E-state index contributed by atoms with van der Waals surface area (Å²) in [5.74, 6) is -1.32. The van der Waals surface area contributed by atoms with Crippen LogP contribution in [0.2, 0.25) is 0 Å². The number of alkyl carbamates (subject to hydrolysis) is 1. The number of benzene rings is 4. The summed E-state index contributed by atoms with van der Waals surface area (Å²) in [4.78, 5) is 24.6. The van der Waals surface area contributed by atoms with E-state index in [1.165, 1.54) is 7.11 Å². The molecule has 5 rings (SSSR count). The summed E-state index contributed by atoms with van der Waals surface area (Å²) in [6, 6.07) is 30.7. The average molecular weight is 587 g/mol. The molecule has 0 radical (unpaired) electrons. The van der Waals surface area contributed by atoms with Crippen molar-refractivity contribution in [2.75, 3.05) is 18.8 Å². The molecule has 1 aliphatic rings. The summed E-state index contributed by atoms with van der Waals surface area (Å²) >= 11 is 0. The minimum atomic E-state index is -3.64. The maximum absolute atomic E-state index is 13.0. The Hall–Kier alpha value is -4.43. The van der Waals surface area contributed by atoms with Gasteiger partial charge < -0.3 is 15.2 Å². The molecule has 2 atom stereocenters. The van der Waals surface area contributed by atoms with Crippen molar-refractivity contribution in [2.24, 2.45) is 0 Å². The highest BCUT2D eigenvalue weighted by Crippen LogP contribution is 2.48. The largest absolute Gasteiger partial charge is 0.480 e. The van der Waals surface area contributed by atoms with Crippen LogP contribution in [0.15, 0.2) is 103 Å². The van der Waals surface area contributed by atoms with Gasteiger partial charge in [0, 0.05) is 25.1 Å². The Balaban J connectivity index is 1.16. The van der Waals surface area contributed by atoms with E-state index in [1.54, 1.807) is 24.3 Å². The summed E-state index contributed by atoms with van der Waals surface area (Å²) in [5.41, 5.74) is 6.30. The Kier molecular flexibility index (Phi) is 9.03. The third kappa shape index (κ3) is 6.89. The van der Waals surface area contributed by atoms with Gasteiger partial charge in [0.25, 0.3) is 0 Å². The maximum Gasteiger partial charge on any atom is 0.432 e. The Morgan fingerprint density at radius 3 is 2.02 bits per heavy atom. The van der Waals surface area contributed by atoms with E-state index in [-0.39, 0.29) is 25.6 Å². The molecule has 216 valence electrons. The SMILES string of the molecule is COP(=O)(Nc1ccc(C[C@H](NC(=O)OCC2c3ccccc3-c3ccccc32)C(=O)O)cc1)OCc1ccccc1. The zero-order chi connectivity index (χ0) is 29.5. The summed E-state index contributed by atoms with van der Waals surface area (Å²) < 4.78 is 29.1. The molecule has 0 saturated carbocycles. The van der Waals surface area contributed by atoms with Gasteiger partial charge in [0.05, 0.1) is 6.61 Å². The fourth-order valence-electron chi connectivity index (χ4n) is 4.96. The molecule has 42 heavy (non-hydrogen) atoms. The Labute approximate surface area is 244 Å². The van der Waals surface area contributed by atoms with Crippen molar-refractivity contribution in [3.8, 4) is 11.1 Å². The van der Waals surface area contributed by atoms with Crippen molar-refractivity contribution in [3.63, 3.8) is 0 Å². The quantitative estimate of drug-likeness (QED) is 0.159. The number of fused-ring (bicyclic) bond motifs is 3. The van der Waals surface area contributed by atoms with Crippen molar-refractivity contribution in [2.45, 2.75) is 25.0 Å². The number of ether oxygens (including phenoxy) is 1. The smallest absolute Gasteiger partial charge is 0.432 e. The first kappa shape index (κ1) is 29.1. The number of carbonyl (C=O) groups excluding carboxylic acids is 1. The van der Waals surface area contributed by atoms with Crippen LogP contribution in [0.1, 0.15) is 28.2 Å². The van der Waals surface area contributed by atoms with Gasteiger partial charge in [-0.05, 0) is 45.5 Å². The number of hydrogen-bond acceptors (Lipinski definition) is 6. The second-order valence-corrected chi connectivity index (χ2v) is 11.7. The van der Waals surface area contributed by atoms with Gasteiger partial charge in [-0.3, -0.25) is 14.1 Å². The molecule has 0 saturated heterocycles. The van der Waals surface area contributed by atoms with Gasteiger partial charge in [0.15, 0.2) is 0 Å². The first-order valence-corrected chi connectivity index (χ1v) is 15.0. The predicted octanol–water partition coefficient (Wildman–Crippen LogP) is 6.60. The maximum atomic E-state index is 13.0. The second-order valence-electron chi connectivity index (χ2n) is 9.81. The molecule has 4 aromatic carbocycles. The van der Waals surface area contributed by atoms with Crippen LogP contribution >= 0.6 is 7.75 Å².